The molecule has 0 spiro atoms. The predicted molar refractivity (Wildman–Crippen MR) is 48.6 cm³/mol. The summed E-state index contributed by atoms with van der Waals surface area (Å²) < 4.78 is 43.4. The van der Waals surface area contributed by atoms with Gasteiger partial charge in [0.05, 0.1) is 0 Å². The van der Waals surface area contributed by atoms with Gasteiger partial charge in [-0.05, 0) is 0 Å². The molecular formula is C6H3BBrF4K. The molecule has 0 aliphatic carbocycles. The summed E-state index contributed by atoms with van der Waals surface area (Å²) in [5.41, 5.74) is 0. The van der Waals surface area contributed by atoms with E-state index in [1.54, 1.807) is 6.07 Å². The summed E-state index contributed by atoms with van der Waals surface area (Å²) in [6.07, 6.45) is 0. The van der Waals surface area contributed by atoms with Crippen LogP contribution < -0.4 is -0.342 Å². The first-order valence-corrected chi connectivity index (χ1v) is 5.63. The standard InChI is InChI=1S/C6H3BrF.BF3.K/c7-5-2-1-3-6(8)4-5;2-1(3)4;/h1-3H;;. The average Bonchev–Trinajstić information content (AvgIpc) is 1.99. The first-order chi connectivity index (χ1) is 5.95. The monoisotopic (exact) mass is 280 g/mol. The van der Waals surface area contributed by atoms with E-state index in [4.69, 9.17) is 0 Å². The van der Waals surface area contributed by atoms with Gasteiger partial charge in [-0.3, -0.25) is 12.9 Å². The fourth-order valence-corrected chi connectivity index (χ4v) is 1.44. The van der Waals surface area contributed by atoms with Crippen molar-refractivity contribution in [2.45, 2.75) is 0 Å². The molecule has 0 aromatic heterocycles. The Bertz CT molecular complexity index is 248. The predicted octanol–water partition coefficient (Wildman–Crippen LogP) is 2.26. The Morgan fingerprint density at radius 3 is 2.00 bits per heavy atom. The Balaban J connectivity index is 0.000000310. The molecule has 0 bridgehead atoms. The van der Waals surface area contributed by atoms with Crippen LogP contribution in [0, 0.1) is 5.82 Å². The molecule has 1 rings (SSSR count). The Hall–Kier alpha value is 1.12. The van der Waals surface area contributed by atoms with Gasteiger partial charge in [-0.1, -0.05) is 0 Å². The average molecular weight is 281 g/mol. The van der Waals surface area contributed by atoms with Crippen LogP contribution in [-0.2, 0) is 0 Å². The van der Waals surface area contributed by atoms with E-state index in [9.17, 15) is 17.3 Å². The maximum absolute atomic E-state index is 12.6. The van der Waals surface area contributed by atoms with E-state index in [1.165, 1.54) is 6.07 Å². The van der Waals surface area contributed by atoms with E-state index < -0.39 is 7.54 Å². The third-order valence-electron chi connectivity index (χ3n) is 1.20. The fraction of sp³-hybridized carbons (Fsp3) is 0. The first-order valence-electron chi connectivity index (χ1n) is 3.28. The van der Waals surface area contributed by atoms with Crippen LogP contribution in [0.1, 0.15) is 0 Å². The molecule has 0 amide bonds. The second kappa shape index (κ2) is 7.42. The topological polar surface area (TPSA) is 0 Å². The fourth-order valence-electron chi connectivity index (χ4n) is 0.581. The van der Waals surface area contributed by atoms with Crippen molar-refractivity contribution in [1.29, 1.82) is 0 Å². The minimum atomic E-state index is -3.67. The summed E-state index contributed by atoms with van der Waals surface area (Å²) in [5, 5.41) is 0. The van der Waals surface area contributed by atoms with Gasteiger partial charge in [0.25, 0.3) is 0 Å². The first kappa shape index (κ1) is 14.1. The van der Waals surface area contributed by atoms with Crippen molar-refractivity contribution in [3.05, 3.63) is 28.5 Å². The molecule has 0 aliphatic heterocycles. The molecule has 0 heterocycles. The molecule has 0 fully saturated rings. The second-order valence-electron chi connectivity index (χ2n) is 2.09. The van der Waals surface area contributed by atoms with Crippen LogP contribution in [0.3, 0.4) is 0 Å². The molecular weight excluding hydrogens is 278 g/mol. The molecule has 0 radical (unpaired) electrons. The van der Waals surface area contributed by atoms with Crippen LogP contribution in [0.2, 0.25) is 0 Å². The Kier molecular flexibility index (Phi) is 8.06. The van der Waals surface area contributed by atoms with E-state index in [0.29, 0.717) is 49.0 Å². The van der Waals surface area contributed by atoms with E-state index in [1.807, 2.05) is 6.07 Å². The Morgan fingerprint density at radius 2 is 1.69 bits per heavy atom. The Morgan fingerprint density at radius 1 is 1.23 bits per heavy atom. The molecule has 0 saturated carbocycles. The van der Waals surface area contributed by atoms with Crippen LogP contribution in [0.15, 0.2) is 22.7 Å². The van der Waals surface area contributed by atoms with Crippen LogP contribution in [0.25, 0.3) is 0 Å². The van der Waals surface area contributed by atoms with E-state index in [-0.39, 0.29) is 5.82 Å². The zero-order valence-electron chi connectivity index (χ0n) is 6.70. The SMILES string of the molecule is FB(F)F.Fc1cccc(Br)[c]1[K]. The number of halogens is 5. The van der Waals surface area contributed by atoms with Gasteiger partial charge in [0.15, 0.2) is 0 Å². The normalized spacial score (nSPS) is 8.85. The van der Waals surface area contributed by atoms with Gasteiger partial charge >= 0.3 is 105 Å². The molecule has 66 valence electrons. The van der Waals surface area contributed by atoms with Crippen molar-refractivity contribution in [3.8, 4) is 0 Å². The van der Waals surface area contributed by atoms with Crippen molar-refractivity contribution in [2.24, 2.45) is 0 Å². The third kappa shape index (κ3) is 7.10. The van der Waals surface area contributed by atoms with Gasteiger partial charge in [-0.2, -0.15) is 0 Å². The van der Waals surface area contributed by atoms with Gasteiger partial charge in [-0.15, -0.1) is 0 Å². The molecule has 0 N–H and O–H groups in total. The summed E-state index contributed by atoms with van der Waals surface area (Å²) in [6.45, 7) is 0. The van der Waals surface area contributed by atoms with Crippen molar-refractivity contribution in [1.82, 2.24) is 0 Å². The molecule has 0 aliphatic rings. The molecule has 13 heavy (non-hydrogen) atoms. The zero-order valence-corrected chi connectivity index (χ0v) is 11.4. The summed E-state index contributed by atoms with van der Waals surface area (Å²) in [6, 6.07) is 5.06. The van der Waals surface area contributed by atoms with Crippen molar-refractivity contribution in [3.63, 3.8) is 0 Å². The van der Waals surface area contributed by atoms with E-state index >= 15 is 0 Å². The van der Waals surface area contributed by atoms with Crippen LogP contribution in [0.5, 0.6) is 0 Å². The number of hydrogen-bond acceptors (Lipinski definition) is 0. The quantitative estimate of drug-likeness (QED) is 0.505. The molecule has 0 atom stereocenters. The number of hydrogen-bond donors (Lipinski definition) is 0. The van der Waals surface area contributed by atoms with Crippen LogP contribution >= 0.6 is 15.9 Å². The van der Waals surface area contributed by atoms with Crippen molar-refractivity contribution in [2.75, 3.05) is 0 Å². The van der Waals surface area contributed by atoms with Crippen molar-refractivity contribution >= 4 is 72.1 Å². The molecule has 7 heteroatoms. The van der Waals surface area contributed by atoms with E-state index in [0.717, 1.165) is 4.13 Å². The van der Waals surface area contributed by atoms with E-state index in [2.05, 4.69) is 15.9 Å². The maximum atomic E-state index is 12.6. The minimum absolute atomic E-state index is 0.0793. The number of rotatable bonds is 0. The van der Waals surface area contributed by atoms with Gasteiger partial charge in [-0.25, -0.2) is 0 Å². The van der Waals surface area contributed by atoms with Crippen molar-refractivity contribution < 1.29 is 17.3 Å². The molecule has 1 aromatic rings. The summed E-state index contributed by atoms with van der Waals surface area (Å²) in [4.78, 5) is 0. The number of benzene rings is 1. The molecule has 0 saturated heterocycles. The van der Waals surface area contributed by atoms with Gasteiger partial charge < -0.3 is 0 Å². The van der Waals surface area contributed by atoms with Gasteiger partial charge in [0.1, 0.15) is 0 Å². The summed E-state index contributed by atoms with van der Waals surface area (Å²) in [5.74, 6) is -0.0793. The summed E-state index contributed by atoms with van der Waals surface area (Å²) >= 11 is 3.67. The molecule has 0 nitrogen and oxygen atoms in total. The zero-order chi connectivity index (χ0) is 10.4. The summed E-state index contributed by atoms with van der Waals surface area (Å²) in [7, 11) is -3.67. The second-order valence-corrected chi connectivity index (χ2v) is 4.51. The Labute approximate surface area is 116 Å². The molecule has 1 aromatic carbocycles. The molecule has 0 unspecified atom stereocenters. The van der Waals surface area contributed by atoms with Gasteiger partial charge in [0, 0.05) is 0 Å². The van der Waals surface area contributed by atoms with Gasteiger partial charge in [0.2, 0.25) is 0 Å². The third-order valence-corrected chi connectivity index (χ3v) is 4.79. The van der Waals surface area contributed by atoms with Crippen LogP contribution in [0.4, 0.5) is 17.3 Å². The van der Waals surface area contributed by atoms with Crippen LogP contribution in [-0.4, -0.2) is 56.5 Å².